The van der Waals surface area contributed by atoms with Gasteiger partial charge in [-0.05, 0) is 44.0 Å². The molecule has 1 heterocycles. The fourth-order valence-corrected chi connectivity index (χ4v) is 2.31. The van der Waals surface area contributed by atoms with Crippen molar-refractivity contribution in [2.75, 3.05) is 0 Å². The fraction of sp³-hybridized carbons (Fsp3) is 0.353. The highest BCUT2D eigenvalue weighted by Gasteiger charge is 2.48. The molecule has 0 unspecified atom stereocenters. The molecule has 0 saturated carbocycles. The predicted molar refractivity (Wildman–Crippen MR) is 76.9 cm³/mol. The molecule has 2 rings (SSSR count). The third-order valence-corrected chi connectivity index (χ3v) is 3.99. The lowest BCUT2D eigenvalue weighted by Gasteiger charge is -2.28. The van der Waals surface area contributed by atoms with E-state index in [9.17, 15) is 13.2 Å². The topological polar surface area (TPSA) is 3.88 Å². The van der Waals surface area contributed by atoms with Gasteiger partial charge in [-0.25, -0.2) is 4.57 Å². The minimum atomic E-state index is -4.27. The van der Waals surface area contributed by atoms with Crippen molar-refractivity contribution in [1.82, 2.24) is 0 Å². The number of benzene rings is 1. The molecule has 0 saturated heterocycles. The third-order valence-electron chi connectivity index (χ3n) is 3.99. The van der Waals surface area contributed by atoms with Crippen molar-refractivity contribution in [1.29, 1.82) is 0 Å². The van der Waals surface area contributed by atoms with Crippen LogP contribution in [0.15, 0.2) is 42.6 Å². The summed E-state index contributed by atoms with van der Waals surface area (Å²) >= 11 is 0. The number of hydrogen-bond acceptors (Lipinski definition) is 0. The van der Waals surface area contributed by atoms with Crippen LogP contribution in [0.25, 0.3) is 11.3 Å². The Balaban J connectivity index is 2.51. The van der Waals surface area contributed by atoms with Crippen LogP contribution in [0.3, 0.4) is 0 Å². The molecule has 4 heteroatoms. The molecule has 0 fully saturated rings. The first kappa shape index (κ1) is 15.5. The van der Waals surface area contributed by atoms with E-state index in [1.54, 1.807) is 18.2 Å². The molecule has 1 nitrogen and oxygen atoms in total. The molecule has 0 atom stereocenters. The maximum Gasteiger partial charge on any atom is 0.397 e. The van der Waals surface area contributed by atoms with Crippen molar-refractivity contribution in [2.24, 2.45) is 7.05 Å². The molecule has 0 N–H and O–H groups in total. The third kappa shape index (κ3) is 2.80. The van der Waals surface area contributed by atoms with Crippen LogP contribution in [0.4, 0.5) is 13.2 Å². The van der Waals surface area contributed by atoms with Crippen molar-refractivity contribution in [3.05, 3.63) is 53.7 Å². The maximum atomic E-state index is 13.1. The zero-order chi connectivity index (χ0) is 15.8. The lowest BCUT2D eigenvalue weighted by atomic mass is 9.82. The monoisotopic (exact) mass is 294 g/mol. The van der Waals surface area contributed by atoms with Crippen molar-refractivity contribution in [2.45, 2.75) is 32.4 Å². The molecule has 21 heavy (non-hydrogen) atoms. The summed E-state index contributed by atoms with van der Waals surface area (Å²) in [5.41, 5.74) is 1.20. The number of aromatic nitrogens is 1. The van der Waals surface area contributed by atoms with Crippen molar-refractivity contribution in [3.8, 4) is 11.3 Å². The highest BCUT2D eigenvalue weighted by atomic mass is 19.4. The largest absolute Gasteiger partial charge is 0.397 e. The molecule has 2 aromatic rings. The number of alkyl halides is 3. The van der Waals surface area contributed by atoms with Gasteiger partial charge < -0.3 is 0 Å². The Kier molecular flexibility index (Phi) is 3.83. The average Bonchev–Trinajstić information content (AvgIpc) is 2.38. The van der Waals surface area contributed by atoms with Gasteiger partial charge >= 0.3 is 6.18 Å². The Bertz CT molecular complexity index is 657. The van der Waals surface area contributed by atoms with Crippen LogP contribution < -0.4 is 4.57 Å². The van der Waals surface area contributed by atoms with Crippen LogP contribution >= 0.6 is 0 Å². The average molecular weight is 294 g/mol. The van der Waals surface area contributed by atoms with E-state index in [0.717, 1.165) is 16.8 Å². The van der Waals surface area contributed by atoms with E-state index in [2.05, 4.69) is 0 Å². The zero-order valence-corrected chi connectivity index (χ0v) is 12.6. The summed E-state index contributed by atoms with van der Waals surface area (Å²) in [6, 6.07) is 10.8. The van der Waals surface area contributed by atoms with Crippen LogP contribution in [-0.4, -0.2) is 6.18 Å². The van der Waals surface area contributed by atoms with Gasteiger partial charge in [0.15, 0.2) is 6.20 Å². The molecule has 0 spiro atoms. The van der Waals surface area contributed by atoms with Crippen LogP contribution in [0, 0.1) is 6.92 Å². The van der Waals surface area contributed by atoms with E-state index < -0.39 is 11.6 Å². The SMILES string of the molecule is Cc1cc(C(C)(C)C(F)(F)F)ccc1-c1cccc[n+]1C. The Labute approximate surface area is 123 Å². The highest BCUT2D eigenvalue weighted by molar-refractivity contribution is 5.61. The van der Waals surface area contributed by atoms with Gasteiger partial charge in [0.2, 0.25) is 5.69 Å². The minimum Gasteiger partial charge on any atom is -0.201 e. The van der Waals surface area contributed by atoms with Crippen LogP contribution in [-0.2, 0) is 12.5 Å². The number of pyridine rings is 1. The molecule has 112 valence electrons. The minimum absolute atomic E-state index is 0.287. The molecule has 0 aliphatic carbocycles. The maximum absolute atomic E-state index is 13.1. The number of halogens is 3. The summed E-state index contributed by atoms with van der Waals surface area (Å²) < 4.78 is 41.4. The Morgan fingerprint density at radius 1 is 1.00 bits per heavy atom. The van der Waals surface area contributed by atoms with Gasteiger partial charge in [-0.15, -0.1) is 0 Å². The number of rotatable bonds is 2. The molecule has 1 aromatic heterocycles. The second kappa shape index (κ2) is 5.17. The zero-order valence-electron chi connectivity index (χ0n) is 12.6. The fourth-order valence-electron chi connectivity index (χ4n) is 2.31. The van der Waals surface area contributed by atoms with E-state index in [0.29, 0.717) is 0 Å². The highest BCUT2D eigenvalue weighted by Crippen LogP contribution is 2.41. The van der Waals surface area contributed by atoms with Gasteiger partial charge in [-0.3, -0.25) is 0 Å². The Morgan fingerprint density at radius 2 is 1.67 bits per heavy atom. The van der Waals surface area contributed by atoms with Crippen molar-refractivity contribution >= 4 is 0 Å². The van der Waals surface area contributed by atoms with Gasteiger partial charge in [0, 0.05) is 17.7 Å². The van der Waals surface area contributed by atoms with Gasteiger partial charge in [0.1, 0.15) is 7.05 Å². The van der Waals surface area contributed by atoms with Gasteiger partial charge in [0.05, 0.1) is 5.41 Å². The van der Waals surface area contributed by atoms with E-state index in [1.807, 2.05) is 42.9 Å². The first-order valence-corrected chi connectivity index (χ1v) is 6.77. The first-order valence-electron chi connectivity index (χ1n) is 6.77. The molecule has 0 aliphatic rings. The lowest BCUT2D eigenvalue weighted by Crippen LogP contribution is -2.36. The standard InChI is InChI=1S/C17H19F3N/c1-12-11-13(16(2,3)17(18,19)20)8-9-14(12)15-7-5-6-10-21(15)4/h5-11H,1-4H3/q+1. The summed E-state index contributed by atoms with van der Waals surface area (Å²) in [7, 11) is 1.92. The molecule has 0 aliphatic heterocycles. The molecule has 1 aromatic carbocycles. The lowest BCUT2D eigenvalue weighted by molar-refractivity contribution is -0.660. The van der Waals surface area contributed by atoms with E-state index in [1.165, 1.54) is 13.8 Å². The number of aryl methyl sites for hydroxylation is 2. The quantitative estimate of drug-likeness (QED) is 0.726. The van der Waals surface area contributed by atoms with E-state index in [4.69, 9.17) is 0 Å². The molecule has 0 radical (unpaired) electrons. The van der Waals surface area contributed by atoms with Gasteiger partial charge in [0.25, 0.3) is 0 Å². The van der Waals surface area contributed by atoms with Crippen LogP contribution in [0.5, 0.6) is 0 Å². The van der Waals surface area contributed by atoms with Crippen LogP contribution in [0.1, 0.15) is 25.0 Å². The molecule has 0 amide bonds. The van der Waals surface area contributed by atoms with Crippen molar-refractivity contribution in [3.63, 3.8) is 0 Å². The summed E-state index contributed by atoms with van der Waals surface area (Å²) in [5.74, 6) is 0. The summed E-state index contributed by atoms with van der Waals surface area (Å²) in [5, 5.41) is 0. The van der Waals surface area contributed by atoms with Gasteiger partial charge in [-0.1, -0.05) is 12.1 Å². The normalized spacial score (nSPS) is 12.5. The van der Waals surface area contributed by atoms with E-state index in [-0.39, 0.29) is 5.56 Å². The Hall–Kier alpha value is -1.84. The van der Waals surface area contributed by atoms with E-state index >= 15 is 0 Å². The summed E-state index contributed by atoms with van der Waals surface area (Å²) in [6.07, 6.45) is -2.35. The predicted octanol–water partition coefficient (Wildman–Crippen LogP) is 4.33. The van der Waals surface area contributed by atoms with Crippen molar-refractivity contribution < 1.29 is 17.7 Å². The first-order chi connectivity index (χ1) is 9.64. The smallest absolute Gasteiger partial charge is 0.201 e. The number of hydrogen-bond donors (Lipinski definition) is 0. The second-order valence-corrected chi connectivity index (χ2v) is 5.85. The number of nitrogens with zero attached hydrogens (tertiary/aromatic N) is 1. The molecular formula is C17H19F3N+. The summed E-state index contributed by atoms with van der Waals surface area (Å²) in [6.45, 7) is 4.27. The molecule has 0 bridgehead atoms. The second-order valence-electron chi connectivity index (χ2n) is 5.85. The molecular weight excluding hydrogens is 275 g/mol. The van der Waals surface area contributed by atoms with Gasteiger partial charge in [-0.2, -0.15) is 13.2 Å². The Morgan fingerprint density at radius 3 is 2.19 bits per heavy atom. The summed E-state index contributed by atoms with van der Waals surface area (Å²) in [4.78, 5) is 0. The van der Waals surface area contributed by atoms with Crippen LogP contribution in [0.2, 0.25) is 0 Å².